The molecular formula is C31H35N3O7S. The van der Waals surface area contributed by atoms with Crippen LogP contribution in [0, 0.1) is 0 Å². The highest BCUT2D eigenvalue weighted by Crippen LogP contribution is 2.39. The number of aryl methyl sites for hydroxylation is 1. The normalized spacial score (nSPS) is 13.1. The van der Waals surface area contributed by atoms with Crippen LogP contribution in [-0.4, -0.2) is 50.4 Å². The number of benzene rings is 2. The number of esters is 1. The first kappa shape index (κ1) is 30.6. The van der Waals surface area contributed by atoms with E-state index in [2.05, 4.69) is 15.8 Å². The number of nitrogens with one attached hydrogen (secondary N) is 2. The van der Waals surface area contributed by atoms with E-state index in [1.165, 1.54) is 17.6 Å². The Balaban J connectivity index is 1.34. The van der Waals surface area contributed by atoms with Crippen molar-refractivity contribution in [2.45, 2.75) is 52.6 Å². The second-order valence-corrected chi connectivity index (χ2v) is 10.6. The predicted molar refractivity (Wildman–Crippen MR) is 161 cm³/mol. The highest BCUT2D eigenvalue weighted by atomic mass is 32.1. The summed E-state index contributed by atoms with van der Waals surface area (Å²) in [6, 6.07) is 11.7. The fourth-order valence-electron chi connectivity index (χ4n) is 4.49. The molecule has 0 saturated carbocycles. The molecule has 2 aromatic carbocycles. The Morgan fingerprint density at radius 2 is 1.79 bits per heavy atom. The maximum atomic E-state index is 13.0. The monoisotopic (exact) mass is 593 g/mol. The van der Waals surface area contributed by atoms with E-state index in [9.17, 15) is 14.4 Å². The third-order valence-corrected chi connectivity index (χ3v) is 7.76. The summed E-state index contributed by atoms with van der Waals surface area (Å²) in [5, 5.41) is 7.41. The number of carbonyl (C=O) groups is 3. The number of carbonyl (C=O) groups excluding carboxylic acids is 3. The number of fused-ring (bicyclic) bond motifs is 1. The van der Waals surface area contributed by atoms with Crippen LogP contribution in [0.2, 0.25) is 0 Å². The van der Waals surface area contributed by atoms with Crippen molar-refractivity contribution in [3.8, 4) is 17.2 Å². The van der Waals surface area contributed by atoms with Gasteiger partial charge in [-0.2, -0.15) is 5.10 Å². The van der Waals surface area contributed by atoms with Crippen LogP contribution in [0.15, 0.2) is 47.6 Å². The second-order valence-electron chi connectivity index (χ2n) is 9.45. The molecule has 0 spiro atoms. The summed E-state index contributed by atoms with van der Waals surface area (Å²) >= 11 is 1.44. The predicted octanol–water partition coefficient (Wildman–Crippen LogP) is 5.38. The Hall–Kier alpha value is -4.38. The van der Waals surface area contributed by atoms with Gasteiger partial charge < -0.3 is 24.3 Å². The molecule has 0 saturated heterocycles. The van der Waals surface area contributed by atoms with Gasteiger partial charge in [0.2, 0.25) is 0 Å². The zero-order chi connectivity index (χ0) is 30.1. The lowest BCUT2D eigenvalue weighted by Gasteiger charge is -2.13. The molecule has 1 heterocycles. The van der Waals surface area contributed by atoms with E-state index in [-0.39, 0.29) is 12.5 Å². The van der Waals surface area contributed by atoms with E-state index in [0.29, 0.717) is 40.0 Å². The van der Waals surface area contributed by atoms with Crippen molar-refractivity contribution < 1.29 is 33.3 Å². The Labute approximate surface area is 249 Å². The minimum absolute atomic E-state index is 0.263. The van der Waals surface area contributed by atoms with E-state index in [1.54, 1.807) is 63.4 Å². The molecular weight excluding hydrogens is 558 g/mol. The van der Waals surface area contributed by atoms with E-state index in [0.717, 1.165) is 41.7 Å². The number of methoxy groups -OCH3 is 1. The van der Waals surface area contributed by atoms with E-state index >= 15 is 0 Å². The van der Waals surface area contributed by atoms with Crippen LogP contribution < -0.4 is 25.0 Å². The van der Waals surface area contributed by atoms with Crippen LogP contribution >= 0.6 is 11.3 Å². The van der Waals surface area contributed by atoms with Crippen molar-refractivity contribution in [1.82, 2.24) is 5.43 Å². The molecule has 1 aliphatic rings. The number of ether oxygens (including phenoxy) is 4. The lowest BCUT2D eigenvalue weighted by atomic mass is 9.95. The van der Waals surface area contributed by atoms with Gasteiger partial charge in [-0.25, -0.2) is 10.2 Å². The van der Waals surface area contributed by atoms with Gasteiger partial charge in [-0.05, 0) is 100 Å². The first-order valence-electron chi connectivity index (χ1n) is 13.9. The van der Waals surface area contributed by atoms with Crippen molar-refractivity contribution in [2.75, 3.05) is 25.6 Å². The Kier molecular flexibility index (Phi) is 10.6. The summed E-state index contributed by atoms with van der Waals surface area (Å²) in [6.07, 6.45) is 4.41. The molecule has 0 radical (unpaired) electrons. The zero-order valence-electron chi connectivity index (χ0n) is 24.2. The van der Waals surface area contributed by atoms with Gasteiger partial charge in [0, 0.05) is 10.4 Å². The molecule has 2 amide bonds. The number of hydrazone groups is 1. The van der Waals surface area contributed by atoms with Crippen LogP contribution in [0.25, 0.3) is 0 Å². The van der Waals surface area contributed by atoms with Gasteiger partial charge in [0.05, 0.1) is 32.1 Å². The Morgan fingerprint density at radius 3 is 2.50 bits per heavy atom. The molecule has 42 heavy (non-hydrogen) atoms. The summed E-state index contributed by atoms with van der Waals surface area (Å²) in [6.45, 7) is 6.03. The average molecular weight is 594 g/mol. The van der Waals surface area contributed by atoms with Crippen LogP contribution in [0.3, 0.4) is 0 Å². The third kappa shape index (κ3) is 7.47. The molecule has 11 heteroatoms. The summed E-state index contributed by atoms with van der Waals surface area (Å²) in [7, 11) is 1.55. The zero-order valence-corrected chi connectivity index (χ0v) is 25.0. The molecule has 3 aromatic rings. The van der Waals surface area contributed by atoms with Crippen molar-refractivity contribution in [1.29, 1.82) is 0 Å². The van der Waals surface area contributed by atoms with Gasteiger partial charge in [-0.1, -0.05) is 0 Å². The van der Waals surface area contributed by atoms with Gasteiger partial charge in [0.15, 0.2) is 17.6 Å². The fourth-order valence-corrected chi connectivity index (χ4v) is 5.76. The highest BCUT2D eigenvalue weighted by Gasteiger charge is 2.27. The average Bonchev–Trinajstić information content (AvgIpc) is 3.36. The van der Waals surface area contributed by atoms with E-state index in [1.807, 2.05) is 6.92 Å². The van der Waals surface area contributed by atoms with Crippen molar-refractivity contribution in [3.05, 3.63) is 69.6 Å². The lowest BCUT2D eigenvalue weighted by molar-refractivity contribution is -0.127. The van der Waals surface area contributed by atoms with Crippen LogP contribution in [0.4, 0.5) is 5.00 Å². The first-order chi connectivity index (χ1) is 20.3. The smallest absolute Gasteiger partial charge is 0.341 e. The second kappa shape index (κ2) is 14.5. The van der Waals surface area contributed by atoms with Gasteiger partial charge in [-0.15, -0.1) is 11.3 Å². The van der Waals surface area contributed by atoms with Gasteiger partial charge in [-0.3, -0.25) is 9.59 Å². The number of nitrogens with zero attached hydrogens (tertiary/aromatic N) is 1. The lowest BCUT2D eigenvalue weighted by Crippen LogP contribution is -2.33. The molecule has 0 unspecified atom stereocenters. The molecule has 10 nitrogen and oxygen atoms in total. The molecule has 2 N–H and O–H groups in total. The van der Waals surface area contributed by atoms with E-state index in [4.69, 9.17) is 18.9 Å². The number of amides is 2. The Bertz CT molecular complexity index is 1450. The van der Waals surface area contributed by atoms with Crippen molar-refractivity contribution in [3.63, 3.8) is 0 Å². The molecule has 0 bridgehead atoms. The first-order valence-corrected chi connectivity index (χ1v) is 14.7. The Morgan fingerprint density at radius 1 is 1.02 bits per heavy atom. The van der Waals surface area contributed by atoms with Gasteiger partial charge >= 0.3 is 5.97 Å². The van der Waals surface area contributed by atoms with Crippen molar-refractivity contribution in [2.24, 2.45) is 5.10 Å². The fraction of sp³-hybridized carbons (Fsp3) is 0.355. The molecule has 1 atom stereocenters. The number of anilines is 1. The maximum absolute atomic E-state index is 13.0. The SMILES string of the molecule is CCOC(=O)c1c(NC(=O)c2ccc(O[C@H](C)C(=O)N/N=C\c3ccc(OCC)c(OC)c3)cc2)sc2c1CCCC2. The van der Waals surface area contributed by atoms with E-state index < -0.39 is 18.0 Å². The number of thiophene rings is 1. The topological polar surface area (TPSA) is 125 Å². The molecule has 1 aliphatic carbocycles. The number of hydrogen-bond donors (Lipinski definition) is 2. The summed E-state index contributed by atoms with van der Waals surface area (Å²) < 4.78 is 21.8. The quantitative estimate of drug-likeness (QED) is 0.164. The standard InChI is InChI=1S/C31H35N3O7S/c1-5-39-24-16-11-20(17-25(24)38-4)18-32-34-28(35)19(3)41-22-14-12-21(13-15-22)29(36)33-30-27(31(37)40-6-2)23-9-7-8-10-26(23)42-30/h11-19H,5-10H2,1-4H3,(H,33,36)(H,34,35)/b32-18-/t19-/m1/s1. The summed E-state index contributed by atoms with van der Waals surface area (Å²) in [4.78, 5) is 39.3. The molecule has 0 aliphatic heterocycles. The van der Waals surface area contributed by atoms with Crippen LogP contribution in [0.5, 0.6) is 17.2 Å². The highest BCUT2D eigenvalue weighted by molar-refractivity contribution is 7.17. The largest absolute Gasteiger partial charge is 0.493 e. The molecule has 4 rings (SSSR count). The molecule has 0 fully saturated rings. The summed E-state index contributed by atoms with van der Waals surface area (Å²) in [5.41, 5.74) is 5.02. The minimum atomic E-state index is -0.846. The maximum Gasteiger partial charge on any atom is 0.341 e. The van der Waals surface area contributed by atoms with Crippen molar-refractivity contribution >= 4 is 40.3 Å². The van der Waals surface area contributed by atoms with Gasteiger partial charge in [0.1, 0.15) is 10.8 Å². The number of rotatable bonds is 12. The van der Waals surface area contributed by atoms with Gasteiger partial charge in [0.25, 0.3) is 11.8 Å². The third-order valence-electron chi connectivity index (χ3n) is 6.55. The van der Waals surface area contributed by atoms with Crippen LogP contribution in [0.1, 0.15) is 70.3 Å². The summed E-state index contributed by atoms with van der Waals surface area (Å²) in [5.74, 6) is 0.393. The number of hydrogen-bond acceptors (Lipinski definition) is 9. The van der Waals surface area contributed by atoms with Crippen LogP contribution in [-0.2, 0) is 22.4 Å². The minimum Gasteiger partial charge on any atom is -0.493 e. The molecule has 222 valence electrons. The molecule has 1 aromatic heterocycles.